The summed E-state index contributed by atoms with van der Waals surface area (Å²) in [4.78, 5) is 25.8. The molecule has 132 valence electrons. The van der Waals surface area contributed by atoms with Crippen molar-refractivity contribution in [3.8, 4) is 5.75 Å². The Labute approximate surface area is 151 Å². The molecule has 0 radical (unpaired) electrons. The molecule has 0 spiro atoms. The first-order valence-electron chi connectivity index (χ1n) is 8.58. The van der Waals surface area contributed by atoms with Crippen molar-refractivity contribution in [1.29, 1.82) is 0 Å². The number of benzene rings is 1. The van der Waals surface area contributed by atoms with Crippen molar-refractivity contribution in [2.24, 2.45) is 5.73 Å². The van der Waals surface area contributed by atoms with Crippen molar-refractivity contribution in [3.05, 3.63) is 45.8 Å². The number of carbonyl (C=O) groups is 2. The summed E-state index contributed by atoms with van der Waals surface area (Å²) >= 11 is 1.48. The molecule has 1 aromatic carbocycles. The van der Waals surface area contributed by atoms with Gasteiger partial charge in [-0.25, -0.2) is 0 Å². The number of anilines is 1. The van der Waals surface area contributed by atoms with E-state index in [0.717, 1.165) is 37.7 Å². The van der Waals surface area contributed by atoms with Crippen LogP contribution in [-0.2, 0) is 12.8 Å². The molecule has 1 aliphatic carbocycles. The highest BCUT2D eigenvalue weighted by Crippen LogP contribution is 2.37. The Hall–Kier alpha value is -2.34. The molecular weight excluding hydrogens is 336 g/mol. The molecule has 1 aromatic heterocycles. The molecule has 1 heterocycles. The number of hydrogen-bond donors (Lipinski definition) is 2. The molecule has 25 heavy (non-hydrogen) atoms. The summed E-state index contributed by atoms with van der Waals surface area (Å²) in [5.41, 5.74) is 7.60. The number of carbonyl (C=O) groups excluding carboxylic acids is 2. The van der Waals surface area contributed by atoms with E-state index in [0.29, 0.717) is 28.5 Å². The van der Waals surface area contributed by atoms with E-state index in [1.54, 1.807) is 18.2 Å². The summed E-state index contributed by atoms with van der Waals surface area (Å²) in [5.74, 6) is -0.0922. The minimum Gasteiger partial charge on any atom is -0.494 e. The standard InChI is InChI=1S/C19H22N2O3S/c1-2-24-13-8-6-7-12(11-13)18(23)21-19-16(17(20)22)14-9-4-3-5-10-15(14)25-19/h6-8,11H,2-5,9-10H2,1H3,(H2,20,22)(H,21,23). The van der Waals surface area contributed by atoms with E-state index < -0.39 is 5.91 Å². The van der Waals surface area contributed by atoms with Gasteiger partial charge in [0.15, 0.2) is 0 Å². The van der Waals surface area contributed by atoms with Gasteiger partial charge in [0.2, 0.25) is 0 Å². The highest BCUT2D eigenvalue weighted by atomic mass is 32.1. The zero-order chi connectivity index (χ0) is 17.8. The Bertz CT molecular complexity index is 798. The van der Waals surface area contributed by atoms with Crippen LogP contribution in [0.3, 0.4) is 0 Å². The summed E-state index contributed by atoms with van der Waals surface area (Å²) in [7, 11) is 0. The number of rotatable bonds is 5. The van der Waals surface area contributed by atoms with Crippen LogP contribution < -0.4 is 15.8 Å². The van der Waals surface area contributed by atoms with E-state index in [1.165, 1.54) is 16.2 Å². The summed E-state index contributed by atoms with van der Waals surface area (Å²) in [6, 6.07) is 7.00. The second kappa shape index (κ2) is 7.70. The van der Waals surface area contributed by atoms with Crippen molar-refractivity contribution >= 4 is 28.2 Å². The minimum absolute atomic E-state index is 0.263. The molecule has 1 aliphatic rings. The van der Waals surface area contributed by atoms with Crippen LogP contribution in [0.5, 0.6) is 5.75 Å². The van der Waals surface area contributed by atoms with Gasteiger partial charge in [-0.05, 0) is 56.4 Å². The molecule has 6 heteroatoms. The normalized spacial score (nSPS) is 13.6. The van der Waals surface area contributed by atoms with Crippen molar-refractivity contribution < 1.29 is 14.3 Å². The van der Waals surface area contributed by atoms with E-state index in [-0.39, 0.29) is 5.91 Å². The number of hydrogen-bond acceptors (Lipinski definition) is 4. The Kier molecular flexibility index (Phi) is 5.38. The largest absolute Gasteiger partial charge is 0.494 e. The molecule has 5 nitrogen and oxygen atoms in total. The fourth-order valence-corrected chi connectivity index (χ4v) is 4.45. The Morgan fingerprint density at radius 3 is 2.80 bits per heavy atom. The summed E-state index contributed by atoms with van der Waals surface area (Å²) in [6.07, 6.45) is 5.10. The van der Waals surface area contributed by atoms with Gasteiger partial charge in [-0.3, -0.25) is 9.59 Å². The van der Waals surface area contributed by atoms with E-state index in [1.807, 2.05) is 13.0 Å². The summed E-state index contributed by atoms with van der Waals surface area (Å²) in [6.45, 7) is 2.43. The highest BCUT2D eigenvalue weighted by Gasteiger charge is 2.24. The van der Waals surface area contributed by atoms with E-state index in [9.17, 15) is 9.59 Å². The lowest BCUT2D eigenvalue weighted by Crippen LogP contribution is -2.18. The monoisotopic (exact) mass is 358 g/mol. The van der Waals surface area contributed by atoms with Crippen molar-refractivity contribution in [1.82, 2.24) is 0 Å². The lowest BCUT2D eigenvalue weighted by Gasteiger charge is -2.08. The zero-order valence-electron chi connectivity index (χ0n) is 14.3. The van der Waals surface area contributed by atoms with E-state index >= 15 is 0 Å². The second-order valence-corrected chi connectivity index (χ2v) is 7.15. The maximum Gasteiger partial charge on any atom is 0.256 e. The van der Waals surface area contributed by atoms with Gasteiger partial charge < -0.3 is 15.8 Å². The van der Waals surface area contributed by atoms with Crippen LogP contribution in [0.25, 0.3) is 0 Å². The third-order valence-electron chi connectivity index (χ3n) is 4.30. The van der Waals surface area contributed by atoms with Crippen molar-refractivity contribution in [2.45, 2.75) is 39.0 Å². The van der Waals surface area contributed by atoms with Gasteiger partial charge in [0.25, 0.3) is 11.8 Å². The Morgan fingerprint density at radius 2 is 2.04 bits per heavy atom. The van der Waals surface area contributed by atoms with E-state index in [2.05, 4.69) is 5.32 Å². The fourth-order valence-electron chi connectivity index (χ4n) is 3.16. The number of fused-ring (bicyclic) bond motifs is 1. The molecule has 0 aliphatic heterocycles. The van der Waals surface area contributed by atoms with Gasteiger partial charge in [0.05, 0.1) is 12.2 Å². The van der Waals surface area contributed by atoms with Gasteiger partial charge in [0.1, 0.15) is 10.8 Å². The van der Waals surface area contributed by atoms with Crippen LogP contribution in [0.15, 0.2) is 24.3 Å². The molecule has 2 amide bonds. The lowest BCUT2D eigenvalue weighted by molar-refractivity contribution is 0.100. The predicted molar refractivity (Wildman–Crippen MR) is 99.7 cm³/mol. The number of thiophene rings is 1. The number of amides is 2. The number of nitrogens with two attached hydrogens (primary N) is 1. The maximum absolute atomic E-state index is 12.6. The molecule has 3 N–H and O–H groups in total. The molecule has 0 bridgehead atoms. The van der Waals surface area contributed by atoms with Gasteiger partial charge in [-0.1, -0.05) is 12.5 Å². The SMILES string of the molecule is CCOc1cccc(C(=O)Nc2sc3c(c2C(N)=O)CCCCC3)c1. The second-order valence-electron chi connectivity index (χ2n) is 6.05. The highest BCUT2D eigenvalue weighted by molar-refractivity contribution is 7.17. The van der Waals surface area contributed by atoms with Crippen LogP contribution >= 0.6 is 11.3 Å². The van der Waals surface area contributed by atoms with Crippen LogP contribution in [0.2, 0.25) is 0 Å². The van der Waals surface area contributed by atoms with Gasteiger partial charge in [-0.2, -0.15) is 0 Å². The quantitative estimate of drug-likeness (QED) is 0.798. The van der Waals surface area contributed by atoms with Crippen LogP contribution in [0, 0.1) is 0 Å². The van der Waals surface area contributed by atoms with Crippen molar-refractivity contribution in [3.63, 3.8) is 0 Å². The lowest BCUT2D eigenvalue weighted by atomic mass is 10.1. The van der Waals surface area contributed by atoms with Crippen LogP contribution in [-0.4, -0.2) is 18.4 Å². The average Bonchev–Trinajstić information content (AvgIpc) is 2.77. The summed E-state index contributed by atoms with van der Waals surface area (Å²) < 4.78 is 5.44. The maximum atomic E-state index is 12.6. The molecule has 0 saturated carbocycles. The number of ether oxygens (including phenoxy) is 1. The minimum atomic E-state index is -0.474. The number of nitrogens with one attached hydrogen (secondary N) is 1. The number of aryl methyl sites for hydroxylation is 1. The molecule has 0 atom stereocenters. The first-order chi connectivity index (χ1) is 12.1. The molecule has 2 aromatic rings. The van der Waals surface area contributed by atoms with Crippen molar-refractivity contribution in [2.75, 3.05) is 11.9 Å². The third-order valence-corrected chi connectivity index (χ3v) is 5.51. The topological polar surface area (TPSA) is 81.4 Å². The number of primary amides is 1. The fraction of sp³-hybridized carbons (Fsp3) is 0.368. The molecule has 0 unspecified atom stereocenters. The smallest absolute Gasteiger partial charge is 0.256 e. The predicted octanol–water partition coefficient (Wildman–Crippen LogP) is 3.77. The first kappa shape index (κ1) is 17.5. The Morgan fingerprint density at radius 1 is 1.24 bits per heavy atom. The molecule has 3 rings (SSSR count). The molecule has 0 saturated heterocycles. The molecular formula is C19H22N2O3S. The Balaban J connectivity index is 1.88. The van der Waals surface area contributed by atoms with Crippen LogP contribution in [0.1, 0.15) is 57.3 Å². The van der Waals surface area contributed by atoms with Gasteiger partial charge in [-0.15, -0.1) is 11.3 Å². The third kappa shape index (κ3) is 3.85. The van der Waals surface area contributed by atoms with Gasteiger partial charge in [0, 0.05) is 10.4 Å². The zero-order valence-corrected chi connectivity index (χ0v) is 15.1. The van der Waals surface area contributed by atoms with Crippen LogP contribution in [0.4, 0.5) is 5.00 Å². The summed E-state index contributed by atoms with van der Waals surface area (Å²) in [5, 5.41) is 3.44. The van der Waals surface area contributed by atoms with Gasteiger partial charge >= 0.3 is 0 Å². The molecule has 0 fully saturated rings. The van der Waals surface area contributed by atoms with E-state index in [4.69, 9.17) is 10.5 Å². The first-order valence-corrected chi connectivity index (χ1v) is 9.40. The average molecular weight is 358 g/mol.